The number of rotatable bonds is 3. The van der Waals surface area contributed by atoms with Crippen molar-refractivity contribution in [1.29, 1.82) is 0 Å². The molecule has 5 nitrogen and oxygen atoms in total. The monoisotopic (exact) mass is 328 g/mol. The van der Waals surface area contributed by atoms with Gasteiger partial charge in [0.05, 0.1) is 6.54 Å². The van der Waals surface area contributed by atoms with Crippen LogP contribution in [0.4, 0.5) is 5.69 Å². The first kappa shape index (κ1) is 16.8. The third kappa shape index (κ3) is 4.08. The minimum atomic E-state index is 0.232. The number of anilines is 1. The number of likely N-dealkylation sites (tertiary alicyclic amines) is 1. The number of hydrogen-bond donors (Lipinski definition) is 1. The summed E-state index contributed by atoms with van der Waals surface area (Å²) >= 11 is 0. The van der Waals surface area contributed by atoms with E-state index in [9.17, 15) is 4.79 Å². The molecular weight excluding hydrogens is 300 g/mol. The van der Waals surface area contributed by atoms with Crippen molar-refractivity contribution in [2.24, 2.45) is 16.6 Å². The molecule has 1 atom stereocenters. The Bertz CT molecular complexity index is 596. The molecule has 1 amide bonds. The van der Waals surface area contributed by atoms with Crippen LogP contribution in [-0.2, 0) is 11.3 Å². The summed E-state index contributed by atoms with van der Waals surface area (Å²) in [4.78, 5) is 20.6. The zero-order chi connectivity index (χ0) is 16.9. The molecule has 1 unspecified atom stereocenters. The quantitative estimate of drug-likeness (QED) is 0.685. The smallest absolute Gasteiger partial charge is 0.226 e. The molecule has 0 radical (unpaired) electrons. The predicted octanol–water partition coefficient (Wildman–Crippen LogP) is 2.75. The largest absolute Gasteiger partial charge is 0.370 e. The summed E-state index contributed by atoms with van der Waals surface area (Å²) in [5.74, 6) is 1.57. The van der Waals surface area contributed by atoms with E-state index in [1.807, 2.05) is 29.2 Å². The van der Waals surface area contributed by atoms with E-state index in [4.69, 9.17) is 5.73 Å². The molecule has 24 heavy (non-hydrogen) atoms. The lowest BCUT2D eigenvalue weighted by atomic mass is 10.0. The Hall–Kier alpha value is -2.04. The third-order valence-corrected chi connectivity index (χ3v) is 4.98. The highest BCUT2D eigenvalue weighted by molar-refractivity contribution is 5.93. The van der Waals surface area contributed by atoms with Crippen LogP contribution in [0.1, 0.15) is 44.6 Å². The molecule has 0 aliphatic carbocycles. The van der Waals surface area contributed by atoms with E-state index >= 15 is 0 Å². The molecule has 0 spiro atoms. The fourth-order valence-electron chi connectivity index (χ4n) is 3.53. The van der Waals surface area contributed by atoms with Crippen molar-refractivity contribution in [3.8, 4) is 0 Å². The van der Waals surface area contributed by atoms with E-state index in [-0.39, 0.29) is 5.91 Å². The van der Waals surface area contributed by atoms with Crippen LogP contribution in [0, 0.1) is 5.92 Å². The molecule has 3 rings (SSSR count). The molecular formula is C19H28N4O. The van der Waals surface area contributed by atoms with Crippen LogP contribution >= 0.6 is 0 Å². The first-order valence-electron chi connectivity index (χ1n) is 9.07. The number of hydrogen-bond acceptors (Lipinski definition) is 2. The molecule has 2 aliphatic heterocycles. The number of carbonyl (C=O) groups is 1. The van der Waals surface area contributed by atoms with Crippen molar-refractivity contribution in [2.75, 3.05) is 24.5 Å². The van der Waals surface area contributed by atoms with Gasteiger partial charge in [0.25, 0.3) is 0 Å². The average Bonchev–Trinajstić information content (AvgIpc) is 2.61. The number of carbonyl (C=O) groups excluding carboxylic acids is 1. The Morgan fingerprint density at radius 3 is 2.71 bits per heavy atom. The molecule has 2 N–H and O–H groups in total. The zero-order valence-electron chi connectivity index (χ0n) is 14.6. The zero-order valence-corrected chi connectivity index (χ0v) is 14.6. The van der Waals surface area contributed by atoms with Crippen LogP contribution in [0.2, 0.25) is 0 Å². The Morgan fingerprint density at radius 2 is 2.00 bits per heavy atom. The van der Waals surface area contributed by atoms with E-state index in [0.29, 0.717) is 24.8 Å². The number of guanidine groups is 1. The number of nitrogens with zero attached hydrogens (tertiary/aromatic N) is 3. The highest BCUT2D eigenvalue weighted by Crippen LogP contribution is 2.21. The van der Waals surface area contributed by atoms with Crippen molar-refractivity contribution in [3.63, 3.8) is 0 Å². The Kier molecular flexibility index (Phi) is 5.38. The van der Waals surface area contributed by atoms with Crippen LogP contribution in [0.3, 0.4) is 0 Å². The van der Waals surface area contributed by atoms with Gasteiger partial charge < -0.3 is 15.5 Å². The SMILES string of the molecule is CC1CCCN(C(N)=NCc2ccc(N3CCCCC3=O)cc2)C1. The van der Waals surface area contributed by atoms with Gasteiger partial charge in [0, 0.05) is 31.7 Å². The summed E-state index contributed by atoms with van der Waals surface area (Å²) in [7, 11) is 0. The molecule has 1 aromatic rings. The van der Waals surface area contributed by atoms with Gasteiger partial charge in [-0.05, 0) is 49.3 Å². The van der Waals surface area contributed by atoms with Gasteiger partial charge in [0.2, 0.25) is 5.91 Å². The van der Waals surface area contributed by atoms with Crippen LogP contribution in [0.25, 0.3) is 0 Å². The fourth-order valence-corrected chi connectivity index (χ4v) is 3.53. The van der Waals surface area contributed by atoms with Crippen LogP contribution in [-0.4, -0.2) is 36.4 Å². The van der Waals surface area contributed by atoms with E-state index in [1.54, 1.807) is 0 Å². The predicted molar refractivity (Wildman–Crippen MR) is 97.9 cm³/mol. The van der Waals surface area contributed by atoms with Gasteiger partial charge in [-0.2, -0.15) is 0 Å². The summed E-state index contributed by atoms with van der Waals surface area (Å²) in [5.41, 5.74) is 8.26. The second-order valence-electron chi connectivity index (χ2n) is 7.04. The van der Waals surface area contributed by atoms with E-state index < -0.39 is 0 Å². The Morgan fingerprint density at radius 1 is 1.21 bits per heavy atom. The van der Waals surface area contributed by atoms with E-state index in [0.717, 1.165) is 43.7 Å². The first-order chi connectivity index (χ1) is 11.6. The Balaban J connectivity index is 1.59. The molecule has 5 heteroatoms. The lowest BCUT2D eigenvalue weighted by molar-refractivity contribution is -0.119. The van der Waals surface area contributed by atoms with Gasteiger partial charge >= 0.3 is 0 Å². The summed E-state index contributed by atoms with van der Waals surface area (Å²) in [6.07, 6.45) is 5.23. The van der Waals surface area contributed by atoms with Gasteiger partial charge in [-0.15, -0.1) is 0 Å². The maximum Gasteiger partial charge on any atom is 0.226 e. The summed E-state index contributed by atoms with van der Waals surface area (Å²) in [6.45, 7) is 5.70. The lowest BCUT2D eigenvalue weighted by Gasteiger charge is -2.31. The second kappa shape index (κ2) is 7.69. The van der Waals surface area contributed by atoms with Crippen molar-refractivity contribution < 1.29 is 4.79 Å². The number of nitrogens with two attached hydrogens (primary N) is 1. The van der Waals surface area contributed by atoms with Gasteiger partial charge in [-0.1, -0.05) is 19.1 Å². The number of amides is 1. The van der Waals surface area contributed by atoms with Crippen LogP contribution in [0.5, 0.6) is 0 Å². The molecule has 0 bridgehead atoms. The summed E-state index contributed by atoms with van der Waals surface area (Å²) in [5, 5.41) is 0. The highest BCUT2D eigenvalue weighted by Gasteiger charge is 2.19. The van der Waals surface area contributed by atoms with Gasteiger partial charge in [-0.25, -0.2) is 4.99 Å². The maximum atomic E-state index is 12.0. The third-order valence-electron chi connectivity index (χ3n) is 4.98. The highest BCUT2D eigenvalue weighted by atomic mass is 16.2. The normalized spacial score (nSPS) is 22.8. The van der Waals surface area contributed by atoms with Gasteiger partial charge in [0.1, 0.15) is 0 Å². The molecule has 0 saturated carbocycles. The molecule has 2 fully saturated rings. The molecule has 0 aromatic heterocycles. The van der Waals surface area contributed by atoms with Gasteiger partial charge in [0.15, 0.2) is 5.96 Å². The number of piperidine rings is 2. The molecule has 2 aliphatic rings. The fraction of sp³-hybridized carbons (Fsp3) is 0.579. The number of benzene rings is 1. The lowest BCUT2D eigenvalue weighted by Crippen LogP contribution is -2.43. The topological polar surface area (TPSA) is 61.9 Å². The van der Waals surface area contributed by atoms with Crippen molar-refractivity contribution in [2.45, 2.75) is 45.6 Å². The molecule has 130 valence electrons. The van der Waals surface area contributed by atoms with Crippen LogP contribution in [0.15, 0.2) is 29.3 Å². The minimum absolute atomic E-state index is 0.232. The van der Waals surface area contributed by atoms with Crippen molar-refractivity contribution in [3.05, 3.63) is 29.8 Å². The second-order valence-corrected chi connectivity index (χ2v) is 7.04. The minimum Gasteiger partial charge on any atom is -0.370 e. The summed E-state index contributed by atoms with van der Waals surface area (Å²) < 4.78 is 0. The standard InChI is InChI=1S/C19H28N4O/c1-15-5-4-11-22(14-15)19(20)21-13-16-7-9-17(10-8-16)23-12-3-2-6-18(23)24/h7-10,15H,2-6,11-14H2,1H3,(H2,20,21). The van der Waals surface area contributed by atoms with E-state index in [2.05, 4.69) is 16.8 Å². The van der Waals surface area contributed by atoms with Crippen LogP contribution < -0.4 is 10.6 Å². The summed E-state index contributed by atoms with van der Waals surface area (Å²) in [6, 6.07) is 8.14. The van der Waals surface area contributed by atoms with E-state index in [1.165, 1.54) is 12.8 Å². The van der Waals surface area contributed by atoms with Crippen molar-refractivity contribution >= 4 is 17.6 Å². The average molecular weight is 328 g/mol. The molecule has 1 aromatic carbocycles. The molecule has 2 heterocycles. The maximum absolute atomic E-state index is 12.0. The van der Waals surface area contributed by atoms with Gasteiger partial charge in [-0.3, -0.25) is 4.79 Å². The number of aliphatic imine (C=N–C) groups is 1. The Labute approximate surface area is 144 Å². The first-order valence-corrected chi connectivity index (χ1v) is 9.07. The van der Waals surface area contributed by atoms with Crippen molar-refractivity contribution in [1.82, 2.24) is 4.90 Å². The molecule has 2 saturated heterocycles.